The molecule has 1 amide bonds. The van der Waals surface area contributed by atoms with Crippen molar-refractivity contribution in [2.45, 2.75) is 20.4 Å². The molecule has 0 unspecified atom stereocenters. The summed E-state index contributed by atoms with van der Waals surface area (Å²) < 4.78 is 7.47. The van der Waals surface area contributed by atoms with E-state index in [1.165, 1.54) is 6.08 Å². The first-order chi connectivity index (χ1) is 14.0. The third-order valence-corrected chi connectivity index (χ3v) is 4.90. The molecule has 1 N–H and O–H groups in total. The molecule has 1 aromatic heterocycles. The summed E-state index contributed by atoms with van der Waals surface area (Å²) in [6, 6.07) is 17.2. The third-order valence-electron chi connectivity index (χ3n) is 4.53. The number of halogens is 1. The highest BCUT2D eigenvalue weighted by atomic mass is 35.5. The van der Waals surface area contributed by atoms with Crippen molar-refractivity contribution in [1.82, 2.24) is 15.1 Å². The van der Waals surface area contributed by atoms with Gasteiger partial charge >= 0.3 is 0 Å². The van der Waals surface area contributed by atoms with E-state index in [1.54, 1.807) is 6.08 Å². The normalized spacial score (nSPS) is 11.0. The van der Waals surface area contributed by atoms with Crippen LogP contribution in [-0.4, -0.2) is 28.8 Å². The largest absolute Gasteiger partial charge is 0.492 e. The molecule has 0 bridgehead atoms. The van der Waals surface area contributed by atoms with Gasteiger partial charge in [-0.15, -0.1) is 0 Å². The Hall–Kier alpha value is -3.05. The highest BCUT2D eigenvalue weighted by molar-refractivity contribution is 6.31. The fourth-order valence-electron chi connectivity index (χ4n) is 2.97. The molecule has 1 heterocycles. The van der Waals surface area contributed by atoms with E-state index in [2.05, 4.69) is 10.4 Å². The Morgan fingerprint density at radius 1 is 1.14 bits per heavy atom. The molecule has 3 aromatic rings. The van der Waals surface area contributed by atoms with Crippen molar-refractivity contribution in [2.24, 2.45) is 0 Å². The van der Waals surface area contributed by atoms with Crippen LogP contribution in [0.5, 0.6) is 5.75 Å². The summed E-state index contributed by atoms with van der Waals surface area (Å²) in [5.41, 5.74) is 3.80. The fourth-order valence-corrected chi connectivity index (χ4v) is 3.17. The number of nitrogens with one attached hydrogen (secondary N) is 1. The molecule has 3 rings (SSSR count). The molecule has 0 aliphatic rings. The van der Waals surface area contributed by atoms with Crippen molar-refractivity contribution in [3.05, 3.63) is 88.2 Å². The number of aryl methyl sites for hydroxylation is 1. The van der Waals surface area contributed by atoms with Gasteiger partial charge in [0.1, 0.15) is 12.4 Å². The summed E-state index contributed by atoms with van der Waals surface area (Å²) in [6.07, 6.45) is 3.33. The maximum Gasteiger partial charge on any atom is 0.244 e. The predicted molar refractivity (Wildman–Crippen MR) is 116 cm³/mol. The zero-order valence-corrected chi connectivity index (χ0v) is 17.3. The molecule has 0 saturated heterocycles. The van der Waals surface area contributed by atoms with Gasteiger partial charge < -0.3 is 10.1 Å². The Bertz CT molecular complexity index is 997. The molecule has 0 saturated carbocycles. The van der Waals surface area contributed by atoms with Crippen LogP contribution in [0.15, 0.2) is 60.7 Å². The Balaban J connectivity index is 1.55. The first-order valence-electron chi connectivity index (χ1n) is 9.46. The third kappa shape index (κ3) is 5.72. The van der Waals surface area contributed by atoms with Crippen molar-refractivity contribution in [1.29, 1.82) is 0 Å². The minimum absolute atomic E-state index is 0.167. The highest BCUT2D eigenvalue weighted by Gasteiger charge is 2.11. The number of hydrogen-bond donors (Lipinski definition) is 1. The summed E-state index contributed by atoms with van der Waals surface area (Å²) in [5.74, 6) is 0.619. The first-order valence-corrected chi connectivity index (χ1v) is 9.83. The molecular weight excluding hydrogens is 386 g/mol. The summed E-state index contributed by atoms with van der Waals surface area (Å²) in [6.45, 7) is 5.35. The van der Waals surface area contributed by atoms with Crippen LogP contribution >= 0.6 is 11.6 Å². The van der Waals surface area contributed by atoms with Gasteiger partial charge in [-0.25, -0.2) is 0 Å². The molecule has 6 heteroatoms. The zero-order chi connectivity index (χ0) is 20.6. The van der Waals surface area contributed by atoms with E-state index in [9.17, 15) is 4.79 Å². The van der Waals surface area contributed by atoms with Crippen LogP contribution in [0, 0.1) is 13.8 Å². The lowest BCUT2D eigenvalue weighted by molar-refractivity contribution is -0.116. The van der Waals surface area contributed by atoms with Crippen molar-refractivity contribution >= 4 is 23.6 Å². The van der Waals surface area contributed by atoms with Crippen LogP contribution in [0.25, 0.3) is 6.08 Å². The topological polar surface area (TPSA) is 56.2 Å². The molecule has 0 atom stereocenters. The summed E-state index contributed by atoms with van der Waals surface area (Å²) in [5, 5.41) is 8.13. The van der Waals surface area contributed by atoms with Crippen molar-refractivity contribution in [3.8, 4) is 5.75 Å². The second-order valence-corrected chi connectivity index (χ2v) is 7.03. The van der Waals surface area contributed by atoms with E-state index in [4.69, 9.17) is 16.3 Å². The Kier molecular flexibility index (Phi) is 7.09. The van der Waals surface area contributed by atoms with Crippen LogP contribution in [0.2, 0.25) is 5.02 Å². The van der Waals surface area contributed by atoms with Crippen LogP contribution < -0.4 is 10.1 Å². The molecule has 0 aliphatic carbocycles. The van der Waals surface area contributed by atoms with E-state index in [-0.39, 0.29) is 5.91 Å². The first kappa shape index (κ1) is 20.7. The zero-order valence-electron chi connectivity index (χ0n) is 16.6. The van der Waals surface area contributed by atoms with Gasteiger partial charge in [0, 0.05) is 22.4 Å². The lowest BCUT2D eigenvalue weighted by Gasteiger charge is -2.07. The molecule has 5 nitrogen and oxygen atoms in total. The van der Waals surface area contributed by atoms with Crippen LogP contribution in [-0.2, 0) is 11.3 Å². The molecule has 0 spiro atoms. The van der Waals surface area contributed by atoms with Crippen LogP contribution in [0.4, 0.5) is 0 Å². The van der Waals surface area contributed by atoms with E-state index in [1.807, 2.05) is 73.1 Å². The number of benzene rings is 2. The smallest absolute Gasteiger partial charge is 0.244 e. The monoisotopic (exact) mass is 409 g/mol. The minimum Gasteiger partial charge on any atom is -0.492 e. The molecular formula is C23H24ClN3O2. The number of ether oxygens (including phenoxy) is 1. The summed E-state index contributed by atoms with van der Waals surface area (Å²) in [4.78, 5) is 12.1. The number of rotatable bonds is 8. The second-order valence-electron chi connectivity index (χ2n) is 6.62. The predicted octanol–water partition coefficient (Wildman–Crippen LogP) is 4.41. The number of para-hydroxylation sites is 1. The molecule has 2 aromatic carbocycles. The number of aromatic nitrogens is 2. The van der Waals surface area contributed by atoms with E-state index < -0.39 is 0 Å². The molecule has 0 aliphatic heterocycles. The van der Waals surface area contributed by atoms with Crippen molar-refractivity contribution < 1.29 is 9.53 Å². The number of amides is 1. The standard InChI is InChI=1S/C23H24ClN3O2/c1-17-21(18(2)27(26-17)16-19-8-6-7-11-22(19)24)12-13-23(28)25-14-15-29-20-9-4-3-5-10-20/h3-13H,14-16H2,1-2H3,(H,25,28). The molecule has 0 fully saturated rings. The number of carbonyl (C=O) groups excluding carboxylic acids is 1. The highest BCUT2D eigenvalue weighted by Crippen LogP contribution is 2.20. The van der Waals surface area contributed by atoms with Gasteiger partial charge in [-0.3, -0.25) is 9.48 Å². The summed E-state index contributed by atoms with van der Waals surface area (Å²) in [7, 11) is 0. The molecule has 0 radical (unpaired) electrons. The maximum atomic E-state index is 12.1. The van der Waals surface area contributed by atoms with E-state index in [0.29, 0.717) is 24.7 Å². The van der Waals surface area contributed by atoms with Gasteiger partial charge in [-0.2, -0.15) is 5.10 Å². The van der Waals surface area contributed by atoms with Gasteiger partial charge in [-0.05, 0) is 43.7 Å². The van der Waals surface area contributed by atoms with Crippen molar-refractivity contribution in [2.75, 3.05) is 13.2 Å². The number of hydrogen-bond acceptors (Lipinski definition) is 3. The van der Waals surface area contributed by atoms with Crippen LogP contribution in [0.1, 0.15) is 22.5 Å². The SMILES string of the molecule is Cc1nn(Cc2ccccc2Cl)c(C)c1C=CC(=O)NCCOc1ccccc1. The van der Waals surface area contributed by atoms with Gasteiger partial charge in [0.15, 0.2) is 0 Å². The lowest BCUT2D eigenvalue weighted by Crippen LogP contribution is -2.26. The number of carbonyl (C=O) groups is 1. The van der Waals surface area contributed by atoms with Crippen LogP contribution in [0.3, 0.4) is 0 Å². The number of nitrogens with zero attached hydrogens (tertiary/aromatic N) is 2. The Labute approximate surface area is 176 Å². The average molecular weight is 410 g/mol. The summed E-state index contributed by atoms with van der Waals surface area (Å²) >= 11 is 6.26. The van der Waals surface area contributed by atoms with E-state index >= 15 is 0 Å². The van der Waals surface area contributed by atoms with Gasteiger partial charge in [0.05, 0.1) is 18.8 Å². The maximum absolute atomic E-state index is 12.1. The quantitative estimate of drug-likeness (QED) is 0.443. The fraction of sp³-hybridized carbons (Fsp3) is 0.217. The Morgan fingerprint density at radius 2 is 1.86 bits per heavy atom. The van der Waals surface area contributed by atoms with Gasteiger partial charge in [0.2, 0.25) is 5.91 Å². The van der Waals surface area contributed by atoms with Gasteiger partial charge in [0.25, 0.3) is 0 Å². The lowest BCUT2D eigenvalue weighted by atomic mass is 10.1. The van der Waals surface area contributed by atoms with Gasteiger partial charge in [-0.1, -0.05) is 48.0 Å². The molecule has 150 valence electrons. The van der Waals surface area contributed by atoms with Crippen molar-refractivity contribution in [3.63, 3.8) is 0 Å². The minimum atomic E-state index is -0.167. The van der Waals surface area contributed by atoms with E-state index in [0.717, 1.165) is 28.3 Å². The molecule has 29 heavy (non-hydrogen) atoms. The second kappa shape index (κ2) is 9.94. The average Bonchev–Trinajstić information content (AvgIpc) is 2.99. The Morgan fingerprint density at radius 3 is 2.62 bits per heavy atom.